The van der Waals surface area contributed by atoms with Crippen molar-refractivity contribution in [1.29, 1.82) is 0 Å². The minimum absolute atomic E-state index is 0.131. The Morgan fingerprint density at radius 3 is 2.52 bits per heavy atom. The average Bonchev–Trinajstić information content (AvgIpc) is 2.43. The Labute approximate surface area is 124 Å². The van der Waals surface area contributed by atoms with Gasteiger partial charge in [-0.15, -0.1) is 0 Å². The maximum atomic E-state index is 12.0. The molecule has 0 aliphatic rings. The molecule has 5 heteroatoms. The van der Waals surface area contributed by atoms with Gasteiger partial charge in [-0.3, -0.25) is 4.79 Å². The van der Waals surface area contributed by atoms with Gasteiger partial charge in [0.15, 0.2) is 0 Å². The van der Waals surface area contributed by atoms with Gasteiger partial charge in [-0.05, 0) is 48.9 Å². The topological polar surface area (TPSA) is 78.6 Å². The highest BCUT2D eigenvalue weighted by Gasteiger charge is 2.08. The monoisotopic (exact) mass is 285 g/mol. The van der Waals surface area contributed by atoms with E-state index in [4.69, 9.17) is 5.73 Å². The summed E-state index contributed by atoms with van der Waals surface area (Å²) >= 11 is 0. The number of carbonyl (C=O) groups excluding carboxylic acids is 1. The van der Waals surface area contributed by atoms with Crippen LogP contribution in [0, 0.1) is 6.92 Å². The normalized spacial score (nSPS) is 10.2. The number of hydrogen-bond donors (Lipinski definition) is 3. The first-order chi connectivity index (χ1) is 9.95. The van der Waals surface area contributed by atoms with Crippen LogP contribution in [0.3, 0.4) is 0 Å². The van der Waals surface area contributed by atoms with Gasteiger partial charge in [0.25, 0.3) is 0 Å². The predicted molar refractivity (Wildman–Crippen MR) is 85.6 cm³/mol. The van der Waals surface area contributed by atoms with E-state index in [9.17, 15) is 9.90 Å². The first-order valence-electron chi connectivity index (χ1n) is 6.62. The number of phenolic OH excluding ortho intramolecular Hbond substituents is 1. The van der Waals surface area contributed by atoms with Gasteiger partial charge >= 0.3 is 0 Å². The molecule has 0 saturated carbocycles. The van der Waals surface area contributed by atoms with Crippen molar-refractivity contribution in [2.24, 2.45) is 0 Å². The van der Waals surface area contributed by atoms with Crippen LogP contribution in [-0.4, -0.2) is 24.6 Å². The number of nitrogen functional groups attached to an aromatic ring is 1. The van der Waals surface area contributed by atoms with Crippen LogP contribution in [-0.2, 0) is 4.79 Å². The standard InChI is InChI=1S/C16H19N3O2/c1-11-3-4-12(9-15(11)17)18-16(21)10-19(2)13-5-7-14(20)8-6-13/h3-9,20H,10,17H2,1-2H3,(H,18,21). The number of nitrogens with zero attached hydrogens (tertiary/aromatic N) is 1. The van der Waals surface area contributed by atoms with Crippen LogP contribution in [0.25, 0.3) is 0 Å². The molecule has 1 amide bonds. The fraction of sp³-hybridized carbons (Fsp3) is 0.188. The summed E-state index contributed by atoms with van der Waals surface area (Å²) in [5.41, 5.74) is 8.99. The summed E-state index contributed by atoms with van der Waals surface area (Å²) in [6, 6.07) is 12.1. The van der Waals surface area contributed by atoms with Gasteiger partial charge in [-0.1, -0.05) is 6.07 Å². The lowest BCUT2D eigenvalue weighted by molar-refractivity contribution is -0.114. The van der Waals surface area contributed by atoms with E-state index in [0.717, 1.165) is 11.3 Å². The largest absolute Gasteiger partial charge is 0.508 e. The number of rotatable bonds is 4. The lowest BCUT2D eigenvalue weighted by atomic mass is 10.2. The lowest BCUT2D eigenvalue weighted by Gasteiger charge is -2.19. The van der Waals surface area contributed by atoms with E-state index in [-0.39, 0.29) is 18.2 Å². The molecule has 21 heavy (non-hydrogen) atoms. The van der Waals surface area contributed by atoms with Crippen LogP contribution in [0.15, 0.2) is 42.5 Å². The Balaban J connectivity index is 1.97. The van der Waals surface area contributed by atoms with Gasteiger partial charge in [-0.25, -0.2) is 0 Å². The Morgan fingerprint density at radius 1 is 1.24 bits per heavy atom. The summed E-state index contributed by atoms with van der Waals surface area (Å²) in [4.78, 5) is 13.8. The van der Waals surface area contributed by atoms with Crippen molar-refractivity contribution in [2.45, 2.75) is 6.92 Å². The molecule has 2 rings (SSSR count). The summed E-state index contributed by atoms with van der Waals surface area (Å²) in [5.74, 6) is 0.0700. The first kappa shape index (κ1) is 14.7. The predicted octanol–water partition coefficient (Wildman–Crippen LogP) is 2.36. The summed E-state index contributed by atoms with van der Waals surface area (Å²) < 4.78 is 0. The van der Waals surface area contributed by atoms with Crippen LogP contribution in [0.1, 0.15) is 5.56 Å². The molecule has 0 unspecified atom stereocenters. The number of anilines is 3. The number of likely N-dealkylation sites (N-methyl/N-ethyl adjacent to an activating group) is 1. The highest BCUT2D eigenvalue weighted by molar-refractivity contribution is 5.94. The first-order valence-corrected chi connectivity index (χ1v) is 6.62. The molecule has 2 aromatic rings. The maximum absolute atomic E-state index is 12.0. The molecule has 4 N–H and O–H groups in total. The minimum Gasteiger partial charge on any atom is -0.508 e. The number of hydrogen-bond acceptors (Lipinski definition) is 4. The molecule has 0 fully saturated rings. The van der Waals surface area contributed by atoms with Crippen LogP contribution < -0.4 is 16.0 Å². The van der Waals surface area contributed by atoms with Gasteiger partial charge in [-0.2, -0.15) is 0 Å². The molecule has 0 aromatic heterocycles. The van der Waals surface area contributed by atoms with E-state index in [2.05, 4.69) is 5.32 Å². The number of benzene rings is 2. The number of carbonyl (C=O) groups is 1. The van der Waals surface area contributed by atoms with Gasteiger partial charge in [0.05, 0.1) is 6.54 Å². The molecule has 110 valence electrons. The summed E-state index contributed by atoms with van der Waals surface area (Å²) in [7, 11) is 1.81. The quantitative estimate of drug-likeness (QED) is 0.753. The van der Waals surface area contributed by atoms with E-state index >= 15 is 0 Å². The van der Waals surface area contributed by atoms with E-state index < -0.39 is 0 Å². The van der Waals surface area contributed by atoms with Gasteiger partial charge in [0, 0.05) is 24.1 Å². The van der Waals surface area contributed by atoms with Crippen molar-refractivity contribution in [1.82, 2.24) is 0 Å². The highest BCUT2D eigenvalue weighted by Crippen LogP contribution is 2.18. The van der Waals surface area contributed by atoms with Crippen molar-refractivity contribution >= 4 is 23.0 Å². The fourth-order valence-corrected chi connectivity index (χ4v) is 1.93. The zero-order valence-electron chi connectivity index (χ0n) is 12.1. The molecule has 0 atom stereocenters. The van der Waals surface area contributed by atoms with Crippen LogP contribution >= 0.6 is 0 Å². The SMILES string of the molecule is Cc1ccc(NC(=O)CN(C)c2ccc(O)cc2)cc1N. The van der Waals surface area contributed by atoms with Gasteiger partial charge in [0.2, 0.25) is 5.91 Å². The van der Waals surface area contributed by atoms with Crippen molar-refractivity contribution in [2.75, 3.05) is 29.5 Å². The molecule has 0 bridgehead atoms. The molecule has 5 nitrogen and oxygen atoms in total. The Morgan fingerprint density at radius 2 is 1.90 bits per heavy atom. The van der Waals surface area contributed by atoms with E-state index in [1.165, 1.54) is 0 Å². The van der Waals surface area contributed by atoms with E-state index in [0.29, 0.717) is 11.4 Å². The number of amides is 1. The van der Waals surface area contributed by atoms with Gasteiger partial charge in [0.1, 0.15) is 5.75 Å². The van der Waals surface area contributed by atoms with Crippen LogP contribution in [0.2, 0.25) is 0 Å². The Kier molecular flexibility index (Phi) is 4.33. The van der Waals surface area contributed by atoms with E-state index in [1.54, 1.807) is 35.2 Å². The zero-order chi connectivity index (χ0) is 15.4. The molecule has 0 spiro atoms. The van der Waals surface area contributed by atoms with Crippen molar-refractivity contribution in [3.05, 3.63) is 48.0 Å². The molecule has 0 heterocycles. The third kappa shape index (κ3) is 3.89. The number of aryl methyl sites for hydroxylation is 1. The third-order valence-electron chi connectivity index (χ3n) is 3.23. The molecule has 0 aliphatic heterocycles. The van der Waals surface area contributed by atoms with E-state index in [1.807, 2.05) is 26.1 Å². The zero-order valence-corrected chi connectivity index (χ0v) is 12.1. The molecule has 0 saturated heterocycles. The summed E-state index contributed by atoms with van der Waals surface area (Å²) in [6.45, 7) is 2.12. The smallest absolute Gasteiger partial charge is 0.243 e. The molecule has 2 aromatic carbocycles. The average molecular weight is 285 g/mol. The number of aromatic hydroxyl groups is 1. The van der Waals surface area contributed by atoms with Crippen LogP contribution in [0.4, 0.5) is 17.1 Å². The van der Waals surface area contributed by atoms with Crippen molar-refractivity contribution in [3.63, 3.8) is 0 Å². The summed E-state index contributed by atoms with van der Waals surface area (Å²) in [6.07, 6.45) is 0. The Bertz CT molecular complexity index is 638. The third-order valence-corrected chi connectivity index (χ3v) is 3.23. The van der Waals surface area contributed by atoms with Gasteiger partial charge < -0.3 is 21.1 Å². The fourth-order valence-electron chi connectivity index (χ4n) is 1.93. The number of phenols is 1. The van der Waals surface area contributed by atoms with Crippen molar-refractivity contribution in [3.8, 4) is 5.75 Å². The second-order valence-electron chi connectivity index (χ2n) is 4.99. The van der Waals surface area contributed by atoms with Crippen LogP contribution in [0.5, 0.6) is 5.75 Å². The number of nitrogens with one attached hydrogen (secondary N) is 1. The maximum Gasteiger partial charge on any atom is 0.243 e. The number of nitrogens with two attached hydrogens (primary N) is 1. The molecule has 0 radical (unpaired) electrons. The Hall–Kier alpha value is -2.69. The summed E-state index contributed by atoms with van der Waals surface area (Å²) in [5, 5.41) is 12.1. The second kappa shape index (κ2) is 6.17. The second-order valence-corrected chi connectivity index (χ2v) is 4.99. The van der Waals surface area contributed by atoms with Crippen molar-refractivity contribution < 1.29 is 9.90 Å². The lowest BCUT2D eigenvalue weighted by Crippen LogP contribution is -2.30. The molecule has 0 aliphatic carbocycles. The minimum atomic E-state index is -0.131. The molecular weight excluding hydrogens is 266 g/mol. The molecular formula is C16H19N3O2. The highest BCUT2D eigenvalue weighted by atomic mass is 16.3.